The van der Waals surface area contributed by atoms with Crippen LogP contribution in [-0.2, 0) is 4.79 Å². The van der Waals surface area contributed by atoms with Crippen molar-refractivity contribution in [1.29, 1.82) is 0 Å². The molecule has 1 atom stereocenters. The molecule has 0 amide bonds. The van der Waals surface area contributed by atoms with Crippen LogP contribution in [0.2, 0.25) is 0 Å². The fourth-order valence-electron chi connectivity index (χ4n) is 2.37. The van der Waals surface area contributed by atoms with Gasteiger partial charge in [-0.05, 0) is 26.1 Å². The van der Waals surface area contributed by atoms with E-state index in [2.05, 4.69) is 28.2 Å². The minimum Gasteiger partial charge on any atom is -0.480 e. The van der Waals surface area contributed by atoms with Crippen LogP contribution in [0.3, 0.4) is 0 Å². The molecule has 0 fully saturated rings. The predicted octanol–water partition coefficient (Wildman–Crippen LogP) is 1.01. The number of fused-ring (bicyclic) bond motifs is 1. The highest BCUT2D eigenvalue weighted by atomic mass is 16.4. The molecule has 19 heavy (non-hydrogen) atoms. The number of carboxylic acids is 1. The molecule has 0 saturated heterocycles. The lowest BCUT2D eigenvalue weighted by Crippen LogP contribution is -2.57. The van der Waals surface area contributed by atoms with Crippen LogP contribution in [0.4, 0.5) is 11.4 Å². The molecular formula is C14H21N3O2. The Balaban J connectivity index is 2.28. The highest BCUT2D eigenvalue weighted by Gasteiger charge is 2.35. The molecule has 0 spiro atoms. The van der Waals surface area contributed by atoms with Crippen LogP contribution in [0.25, 0.3) is 0 Å². The van der Waals surface area contributed by atoms with Crippen molar-refractivity contribution in [1.82, 2.24) is 5.32 Å². The maximum absolute atomic E-state index is 11.4. The Labute approximate surface area is 113 Å². The van der Waals surface area contributed by atoms with Crippen molar-refractivity contribution in [3.05, 3.63) is 24.3 Å². The van der Waals surface area contributed by atoms with E-state index in [4.69, 9.17) is 0 Å². The molecule has 0 saturated carbocycles. The predicted molar refractivity (Wildman–Crippen MR) is 77.0 cm³/mol. The zero-order valence-electron chi connectivity index (χ0n) is 11.7. The van der Waals surface area contributed by atoms with E-state index in [-0.39, 0.29) is 0 Å². The van der Waals surface area contributed by atoms with Gasteiger partial charge in [0.1, 0.15) is 5.54 Å². The Bertz CT molecular complexity index is 478. The molecule has 0 bridgehead atoms. The second-order valence-electron chi connectivity index (χ2n) is 5.22. The molecule has 5 nitrogen and oxygen atoms in total. The van der Waals surface area contributed by atoms with E-state index in [1.807, 2.05) is 18.2 Å². The quantitative estimate of drug-likeness (QED) is 0.849. The Morgan fingerprint density at radius 1 is 1.37 bits per heavy atom. The minimum absolute atomic E-state index is 0.448. The number of nitrogens with one attached hydrogen (secondary N) is 1. The van der Waals surface area contributed by atoms with Gasteiger partial charge in [0.25, 0.3) is 0 Å². The van der Waals surface area contributed by atoms with Gasteiger partial charge in [0.15, 0.2) is 0 Å². The highest BCUT2D eigenvalue weighted by molar-refractivity contribution is 5.80. The molecule has 2 rings (SSSR count). The van der Waals surface area contributed by atoms with E-state index < -0.39 is 11.5 Å². The van der Waals surface area contributed by atoms with E-state index in [0.29, 0.717) is 6.54 Å². The Morgan fingerprint density at radius 3 is 2.58 bits per heavy atom. The maximum Gasteiger partial charge on any atom is 0.325 e. The summed E-state index contributed by atoms with van der Waals surface area (Å²) in [6.45, 7) is 3.90. The summed E-state index contributed by atoms with van der Waals surface area (Å²) in [5.41, 5.74) is 1.31. The number of carbonyl (C=O) groups is 1. The van der Waals surface area contributed by atoms with E-state index in [1.165, 1.54) is 0 Å². The van der Waals surface area contributed by atoms with Crippen LogP contribution >= 0.6 is 0 Å². The first-order chi connectivity index (χ1) is 8.98. The van der Waals surface area contributed by atoms with Crippen molar-refractivity contribution in [2.45, 2.75) is 12.5 Å². The molecular weight excluding hydrogens is 242 g/mol. The van der Waals surface area contributed by atoms with E-state index in [9.17, 15) is 9.90 Å². The number of hydrogen-bond acceptors (Lipinski definition) is 4. The number of likely N-dealkylation sites (N-methyl/N-ethyl adjacent to an activating group) is 2. The van der Waals surface area contributed by atoms with E-state index in [1.54, 1.807) is 14.0 Å². The molecule has 104 valence electrons. The highest BCUT2D eigenvalue weighted by Crippen LogP contribution is 2.32. The number of nitrogens with zero attached hydrogens (tertiary/aromatic N) is 2. The third-order valence-electron chi connectivity index (χ3n) is 3.87. The summed E-state index contributed by atoms with van der Waals surface area (Å²) >= 11 is 0. The number of para-hydroxylation sites is 2. The number of aliphatic carboxylic acids is 1. The lowest BCUT2D eigenvalue weighted by Gasteiger charge is -2.40. The summed E-state index contributed by atoms with van der Waals surface area (Å²) in [5, 5.41) is 12.3. The van der Waals surface area contributed by atoms with Gasteiger partial charge in [0.05, 0.1) is 11.4 Å². The normalized spacial score (nSPS) is 17.8. The van der Waals surface area contributed by atoms with Crippen molar-refractivity contribution in [3.8, 4) is 0 Å². The van der Waals surface area contributed by atoms with Gasteiger partial charge in [0.2, 0.25) is 0 Å². The van der Waals surface area contributed by atoms with Crippen LogP contribution in [0, 0.1) is 0 Å². The van der Waals surface area contributed by atoms with Crippen LogP contribution in [0.1, 0.15) is 6.92 Å². The van der Waals surface area contributed by atoms with Gasteiger partial charge < -0.3 is 20.2 Å². The number of anilines is 2. The molecule has 2 N–H and O–H groups in total. The summed E-state index contributed by atoms with van der Waals surface area (Å²) in [4.78, 5) is 15.7. The second-order valence-corrected chi connectivity index (χ2v) is 5.22. The minimum atomic E-state index is -0.941. The molecule has 1 heterocycles. The van der Waals surface area contributed by atoms with Crippen molar-refractivity contribution < 1.29 is 9.90 Å². The smallest absolute Gasteiger partial charge is 0.325 e. The summed E-state index contributed by atoms with van der Waals surface area (Å²) < 4.78 is 0. The van der Waals surface area contributed by atoms with E-state index in [0.717, 1.165) is 24.5 Å². The third kappa shape index (κ3) is 2.51. The van der Waals surface area contributed by atoms with Gasteiger partial charge in [-0.25, -0.2) is 0 Å². The van der Waals surface area contributed by atoms with Gasteiger partial charge in [0, 0.05) is 26.7 Å². The molecule has 5 heteroatoms. The number of benzene rings is 1. The van der Waals surface area contributed by atoms with Gasteiger partial charge in [-0.1, -0.05) is 12.1 Å². The topological polar surface area (TPSA) is 55.8 Å². The third-order valence-corrected chi connectivity index (χ3v) is 3.87. The summed E-state index contributed by atoms with van der Waals surface area (Å²) in [6.07, 6.45) is 0. The average molecular weight is 263 g/mol. The Morgan fingerprint density at radius 2 is 2.00 bits per heavy atom. The van der Waals surface area contributed by atoms with Crippen molar-refractivity contribution >= 4 is 17.3 Å². The van der Waals surface area contributed by atoms with Crippen LogP contribution in [-0.4, -0.2) is 50.3 Å². The van der Waals surface area contributed by atoms with Crippen molar-refractivity contribution in [2.24, 2.45) is 0 Å². The lowest BCUT2D eigenvalue weighted by molar-refractivity contribution is -0.143. The summed E-state index contributed by atoms with van der Waals surface area (Å²) in [6, 6.07) is 8.11. The van der Waals surface area contributed by atoms with Gasteiger partial charge in [-0.15, -0.1) is 0 Å². The molecule has 1 unspecified atom stereocenters. The molecule has 1 aliphatic heterocycles. The maximum atomic E-state index is 11.4. The zero-order valence-corrected chi connectivity index (χ0v) is 11.7. The average Bonchev–Trinajstić information content (AvgIpc) is 2.42. The molecule has 0 radical (unpaired) electrons. The SMILES string of the molecule is CNC(C)(CN1CCN(C)c2ccccc21)C(=O)O. The largest absolute Gasteiger partial charge is 0.480 e. The molecule has 0 aromatic heterocycles. The van der Waals surface area contributed by atoms with Crippen LogP contribution in [0.5, 0.6) is 0 Å². The second kappa shape index (κ2) is 5.09. The monoisotopic (exact) mass is 263 g/mol. The molecule has 1 aliphatic rings. The standard InChI is InChI=1S/C14H21N3O2/c1-14(15-2,13(18)19)10-17-9-8-16(3)11-6-4-5-7-12(11)17/h4-7,15H,8-10H2,1-3H3,(H,18,19). The van der Waals surface area contributed by atoms with Crippen molar-refractivity contribution in [3.63, 3.8) is 0 Å². The van der Waals surface area contributed by atoms with Crippen LogP contribution < -0.4 is 15.1 Å². The summed E-state index contributed by atoms with van der Waals surface area (Å²) in [7, 11) is 3.75. The van der Waals surface area contributed by atoms with Gasteiger partial charge in [-0.2, -0.15) is 0 Å². The summed E-state index contributed by atoms with van der Waals surface area (Å²) in [5.74, 6) is -0.827. The first kappa shape index (κ1) is 13.7. The first-order valence-electron chi connectivity index (χ1n) is 6.45. The first-order valence-corrected chi connectivity index (χ1v) is 6.45. The Hall–Kier alpha value is -1.75. The number of hydrogen-bond donors (Lipinski definition) is 2. The fourth-order valence-corrected chi connectivity index (χ4v) is 2.37. The lowest BCUT2D eigenvalue weighted by atomic mass is 10.0. The number of rotatable bonds is 4. The fraction of sp³-hybridized carbons (Fsp3) is 0.500. The van der Waals surface area contributed by atoms with Crippen molar-refractivity contribution in [2.75, 3.05) is 43.5 Å². The molecule has 1 aromatic carbocycles. The Kier molecular flexibility index (Phi) is 3.66. The van der Waals surface area contributed by atoms with Gasteiger partial charge >= 0.3 is 5.97 Å². The molecule has 0 aliphatic carbocycles. The van der Waals surface area contributed by atoms with Crippen LogP contribution in [0.15, 0.2) is 24.3 Å². The van der Waals surface area contributed by atoms with Gasteiger partial charge in [-0.3, -0.25) is 4.79 Å². The van der Waals surface area contributed by atoms with E-state index >= 15 is 0 Å². The number of carboxylic acid groups (broad SMARTS) is 1. The zero-order chi connectivity index (χ0) is 14.0. The molecule has 1 aromatic rings.